The quantitative estimate of drug-likeness (QED) is 0.410. The maximum absolute atomic E-state index is 10.2. The number of rotatable bonds is 0. The van der Waals surface area contributed by atoms with Gasteiger partial charge < -0.3 is 0 Å². The van der Waals surface area contributed by atoms with Gasteiger partial charge in [0.1, 0.15) is 0 Å². The second-order valence-electron chi connectivity index (χ2n) is 1.25. The molecule has 2 N–H and O–H groups in total. The van der Waals surface area contributed by atoms with Crippen LogP contribution in [0.15, 0.2) is 0 Å². The molecule has 0 aromatic carbocycles. The fraction of sp³-hybridized carbons (Fsp3) is 0.667. The van der Waals surface area contributed by atoms with Crippen molar-refractivity contribution in [3.05, 3.63) is 0 Å². The minimum absolute atomic E-state index is 0.0220. The first-order valence-electron chi connectivity index (χ1n) is 2.05. The first kappa shape index (κ1) is 4.55. The third kappa shape index (κ3) is 1.13. The molecule has 0 radical (unpaired) electrons. The Bertz CT molecular complexity index is 75.0. The van der Waals surface area contributed by atoms with Crippen LogP contribution in [-0.4, -0.2) is 12.5 Å². The van der Waals surface area contributed by atoms with E-state index in [0.29, 0.717) is 13.0 Å². The fourth-order valence-electron chi connectivity index (χ4n) is 0.350. The predicted octanol–water partition coefficient (Wildman–Crippen LogP) is -1.06. The Morgan fingerprint density at radius 3 is 2.86 bits per heavy atom. The standard InChI is InChI=1S/C3H6N2O2/c6-3-1-2-7-5-4-3/h5H,1-2H2,(H,4,6). The van der Waals surface area contributed by atoms with Gasteiger partial charge in [0.15, 0.2) is 0 Å². The van der Waals surface area contributed by atoms with Gasteiger partial charge in [-0.1, -0.05) is 0 Å². The van der Waals surface area contributed by atoms with Gasteiger partial charge in [0.2, 0.25) is 5.91 Å². The minimum Gasteiger partial charge on any atom is -0.282 e. The Morgan fingerprint density at radius 1 is 1.71 bits per heavy atom. The lowest BCUT2D eigenvalue weighted by Gasteiger charge is -2.11. The summed E-state index contributed by atoms with van der Waals surface area (Å²) >= 11 is 0. The highest BCUT2D eigenvalue weighted by Crippen LogP contribution is 1.82. The van der Waals surface area contributed by atoms with Crippen molar-refractivity contribution < 1.29 is 9.63 Å². The van der Waals surface area contributed by atoms with Crippen LogP contribution in [0.3, 0.4) is 0 Å². The topological polar surface area (TPSA) is 50.4 Å². The first-order chi connectivity index (χ1) is 3.39. The first-order valence-corrected chi connectivity index (χ1v) is 2.05. The van der Waals surface area contributed by atoms with E-state index in [0.717, 1.165) is 0 Å². The second kappa shape index (κ2) is 1.90. The van der Waals surface area contributed by atoms with E-state index in [4.69, 9.17) is 0 Å². The Kier molecular flexibility index (Phi) is 1.24. The molecule has 0 aromatic heterocycles. The molecule has 1 amide bonds. The summed E-state index contributed by atoms with van der Waals surface area (Å²) in [5, 5.41) is 0. The van der Waals surface area contributed by atoms with Gasteiger partial charge in [-0.05, 0) is 0 Å². The van der Waals surface area contributed by atoms with Gasteiger partial charge in [-0.15, -0.1) is 5.59 Å². The van der Waals surface area contributed by atoms with Gasteiger partial charge >= 0.3 is 0 Å². The maximum atomic E-state index is 10.2. The van der Waals surface area contributed by atoms with Crippen LogP contribution in [0.5, 0.6) is 0 Å². The number of amides is 1. The molecule has 1 aliphatic rings. The Labute approximate surface area is 40.8 Å². The largest absolute Gasteiger partial charge is 0.282 e. The van der Waals surface area contributed by atoms with Crippen molar-refractivity contribution in [3.63, 3.8) is 0 Å². The average Bonchev–Trinajstić information content (AvgIpc) is 1.69. The molecule has 0 bridgehead atoms. The molecule has 1 rings (SSSR count). The summed E-state index contributed by atoms with van der Waals surface area (Å²) < 4.78 is 0. The Balaban J connectivity index is 2.25. The lowest BCUT2D eigenvalue weighted by atomic mass is 10.4. The van der Waals surface area contributed by atoms with Crippen molar-refractivity contribution in [3.8, 4) is 0 Å². The summed E-state index contributed by atoms with van der Waals surface area (Å²) in [5.74, 6) is -0.0220. The number of carbonyl (C=O) groups excluding carboxylic acids is 1. The van der Waals surface area contributed by atoms with Crippen molar-refractivity contribution in [2.24, 2.45) is 0 Å². The van der Waals surface area contributed by atoms with E-state index in [1.165, 1.54) is 0 Å². The van der Waals surface area contributed by atoms with E-state index in [2.05, 4.69) is 15.9 Å². The van der Waals surface area contributed by atoms with Gasteiger partial charge in [0, 0.05) is 0 Å². The molecule has 1 saturated heterocycles. The fourth-order valence-corrected chi connectivity index (χ4v) is 0.350. The molecule has 0 unspecified atom stereocenters. The predicted molar refractivity (Wildman–Crippen MR) is 21.8 cm³/mol. The number of hydrogen-bond donors (Lipinski definition) is 2. The van der Waals surface area contributed by atoms with Crippen LogP contribution in [0.4, 0.5) is 0 Å². The monoisotopic (exact) mass is 102 g/mol. The molecule has 40 valence electrons. The second-order valence-corrected chi connectivity index (χ2v) is 1.25. The van der Waals surface area contributed by atoms with E-state index in [9.17, 15) is 4.79 Å². The maximum Gasteiger partial charge on any atom is 0.238 e. The highest BCUT2D eigenvalue weighted by atomic mass is 16.7. The summed E-state index contributed by atoms with van der Waals surface area (Å²) in [6.07, 6.45) is 0.451. The van der Waals surface area contributed by atoms with Gasteiger partial charge in [0.05, 0.1) is 13.0 Å². The van der Waals surface area contributed by atoms with Crippen LogP contribution in [0.1, 0.15) is 6.42 Å². The van der Waals surface area contributed by atoms with Crippen molar-refractivity contribution >= 4 is 5.91 Å². The highest BCUT2D eigenvalue weighted by Gasteiger charge is 2.04. The Hall–Kier alpha value is -0.610. The molecular weight excluding hydrogens is 96.0 g/mol. The number of hydrazine groups is 1. The summed E-state index contributed by atoms with van der Waals surface area (Å²) in [6.45, 7) is 0.464. The van der Waals surface area contributed by atoms with E-state index >= 15 is 0 Å². The molecule has 0 spiro atoms. The number of nitrogens with one attached hydrogen (secondary N) is 2. The van der Waals surface area contributed by atoms with Gasteiger partial charge in [0.25, 0.3) is 0 Å². The van der Waals surface area contributed by atoms with Crippen LogP contribution in [0.2, 0.25) is 0 Å². The van der Waals surface area contributed by atoms with Crippen LogP contribution < -0.4 is 11.0 Å². The average molecular weight is 102 g/mol. The van der Waals surface area contributed by atoms with Crippen LogP contribution >= 0.6 is 0 Å². The van der Waals surface area contributed by atoms with Crippen LogP contribution in [-0.2, 0) is 9.63 Å². The van der Waals surface area contributed by atoms with Gasteiger partial charge in [-0.2, -0.15) is 0 Å². The summed E-state index contributed by atoms with van der Waals surface area (Å²) in [5.41, 5.74) is 4.51. The molecule has 7 heavy (non-hydrogen) atoms. The molecule has 0 aliphatic carbocycles. The number of hydrogen-bond acceptors (Lipinski definition) is 3. The smallest absolute Gasteiger partial charge is 0.238 e. The molecule has 0 saturated carbocycles. The Morgan fingerprint density at radius 2 is 2.57 bits per heavy atom. The normalized spacial score (nSPS) is 21.4. The van der Waals surface area contributed by atoms with E-state index in [1.54, 1.807) is 0 Å². The van der Waals surface area contributed by atoms with E-state index < -0.39 is 0 Å². The molecule has 1 fully saturated rings. The SMILES string of the molecule is O=C1CCONN1. The van der Waals surface area contributed by atoms with Gasteiger partial charge in [-0.3, -0.25) is 15.1 Å². The highest BCUT2D eigenvalue weighted by molar-refractivity contribution is 5.75. The van der Waals surface area contributed by atoms with E-state index in [1.807, 2.05) is 0 Å². The van der Waals surface area contributed by atoms with E-state index in [-0.39, 0.29) is 5.91 Å². The molecule has 0 atom stereocenters. The summed E-state index contributed by atoms with van der Waals surface area (Å²) in [4.78, 5) is 14.8. The zero-order chi connectivity index (χ0) is 5.11. The third-order valence-corrected chi connectivity index (χ3v) is 0.694. The third-order valence-electron chi connectivity index (χ3n) is 0.694. The zero-order valence-corrected chi connectivity index (χ0v) is 3.73. The minimum atomic E-state index is -0.0220. The van der Waals surface area contributed by atoms with Crippen molar-refractivity contribution in [2.45, 2.75) is 6.42 Å². The molecule has 4 nitrogen and oxygen atoms in total. The van der Waals surface area contributed by atoms with Crippen LogP contribution in [0.25, 0.3) is 0 Å². The molecule has 1 aliphatic heterocycles. The lowest BCUT2D eigenvalue weighted by molar-refractivity contribution is -0.136. The summed E-state index contributed by atoms with van der Waals surface area (Å²) in [7, 11) is 0. The summed E-state index contributed by atoms with van der Waals surface area (Å²) in [6, 6.07) is 0. The molecule has 1 heterocycles. The lowest BCUT2D eigenvalue weighted by Crippen LogP contribution is -2.42. The molecule has 4 heteroatoms. The molecule has 0 aromatic rings. The zero-order valence-electron chi connectivity index (χ0n) is 3.73. The number of carbonyl (C=O) groups is 1. The van der Waals surface area contributed by atoms with Crippen molar-refractivity contribution in [2.75, 3.05) is 6.61 Å². The van der Waals surface area contributed by atoms with Gasteiger partial charge in [-0.25, -0.2) is 0 Å². The van der Waals surface area contributed by atoms with Crippen molar-refractivity contribution in [1.82, 2.24) is 11.0 Å². The van der Waals surface area contributed by atoms with Crippen molar-refractivity contribution in [1.29, 1.82) is 0 Å². The van der Waals surface area contributed by atoms with Crippen LogP contribution in [0, 0.1) is 0 Å². The molecular formula is C3H6N2O2.